The highest BCUT2D eigenvalue weighted by molar-refractivity contribution is 6.11. The van der Waals surface area contributed by atoms with Crippen LogP contribution in [-0.4, -0.2) is 33.0 Å². The molecular formula is C26H23NO6. The van der Waals surface area contributed by atoms with Gasteiger partial charge in [-0.3, -0.25) is 9.59 Å². The molecule has 7 heteroatoms. The van der Waals surface area contributed by atoms with Crippen molar-refractivity contribution in [3.8, 4) is 17.2 Å². The van der Waals surface area contributed by atoms with Gasteiger partial charge in [0.1, 0.15) is 11.3 Å². The van der Waals surface area contributed by atoms with Crippen molar-refractivity contribution in [1.29, 1.82) is 0 Å². The minimum Gasteiger partial charge on any atom is -0.496 e. The zero-order chi connectivity index (χ0) is 23.5. The lowest BCUT2D eigenvalue weighted by Gasteiger charge is -2.09. The van der Waals surface area contributed by atoms with Gasteiger partial charge in [0, 0.05) is 28.3 Å². The van der Waals surface area contributed by atoms with Gasteiger partial charge in [-0.1, -0.05) is 12.1 Å². The van der Waals surface area contributed by atoms with Crippen LogP contribution in [0.1, 0.15) is 32.0 Å². The number of rotatable bonds is 7. The normalized spacial score (nSPS) is 10.7. The molecule has 0 atom stereocenters. The van der Waals surface area contributed by atoms with Crippen molar-refractivity contribution in [2.45, 2.75) is 6.92 Å². The predicted octanol–water partition coefficient (Wildman–Crippen LogP) is 5.25. The highest BCUT2D eigenvalue weighted by Crippen LogP contribution is 2.32. The van der Waals surface area contributed by atoms with E-state index in [0.29, 0.717) is 45.2 Å². The average Bonchev–Trinajstić information content (AvgIpc) is 3.18. The number of carbonyl (C=O) groups excluding carboxylic acids is 2. The standard InChI is InChI=1S/C26H23NO6/c1-15-18-11-10-17(27-26(29)19-7-5-6-8-20(19)30-2)14-22(18)33-25(15)24(28)16-9-12-21(31-3)23(13-16)32-4/h5-14H,1-4H3,(H,27,29). The summed E-state index contributed by atoms with van der Waals surface area (Å²) in [5.41, 5.74) is 2.58. The zero-order valence-electron chi connectivity index (χ0n) is 18.7. The third-order valence-corrected chi connectivity index (χ3v) is 5.40. The smallest absolute Gasteiger partial charge is 0.259 e. The molecule has 0 aliphatic rings. The lowest BCUT2D eigenvalue weighted by atomic mass is 10.0. The first-order chi connectivity index (χ1) is 16.0. The molecule has 0 unspecified atom stereocenters. The van der Waals surface area contributed by atoms with Crippen molar-refractivity contribution in [1.82, 2.24) is 0 Å². The van der Waals surface area contributed by atoms with Crippen molar-refractivity contribution < 1.29 is 28.2 Å². The van der Waals surface area contributed by atoms with Crippen LogP contribution in [0.3, 0.4) is 0 Å². The number of para-hydroxylation sites is 1. The first kappa shape index (κ1) is 22.0. The molecule has 0 fully saturated rings. The van der Waals surface area contributed by atoms with E-state index in [1.807, 2.05) is 13.0 Å². The summed E-state index contributed by atoms with van der Waals surface area (Å²) in [4.78, 5) is 25.9. The first-order valence-corrected chi connectivity index (χ1v) is 10.2. The molecule has 168 valence electrons. The van der Waals surface area contributed by atoms with Gasteiger partial charge in [0.25, 0.3) is 5.91 Å². The molecule has 4 aromatic rings. The molecule has 4 rings (SSSR count). The molecular weight excluding hydrogens is 422 g/mol. The van der Waals surface area contributed by atoms with E-state index in [2.05, 4.69) is 5.32 Å². The van der Waals surface area contributed by atoms with E-state index in [1.54, 1.807) is 54.6 Å². The third-order valence-electron chi connectivity index (χ3n) is 5.40. The lowest BCUT2D eigenvalue weighted by Crippen LogP contribution is -2.12. The van der Waals surface area contributed by atoms with E-state index in [0.717, 1.165) is 5.39 Å². The molecule has 0 aliphatic heterocycles. The predicted molar refractivity (Wildman–Crippen MR) is 125 cm³/mol. The van der Waals surface area contributed by atoms with Gasteiger partial charge in [-0.05, 0) is 49.4 Å². The number of benzene rings is 3. The molecule has 0 radical (unpaired) electrons. The quantitative estimate of drug-likeness (QED) is 0.391. The second-order valence-corrected chi connectivity index (χ2v) is 7.32. The van der Waals surface area contributed by atoms with Crippen LogP contribution < -0.4 is 19.5 Å². The Kier molecular flexibility index (Phi) is 6.04. The molecule has 1 aromatic heterocycles. The van der Waals surface area contributed by atoms with Gasteiger partial charge >= 0.3 is 0 Å². The summed E-state index contributed by atoms with van der Waals surface area (Å²) >= 11 is 0. The van der Waals surface area contributed by atoms with Crippen LogP contribution in [0, 0.1) is 6.92 Å². The van der Waals surface area contributed by atoms with Gasteiger partial charge in [-0.25, -0.2) is 0 Å². The summed E-state index contributed by atoms with van der Waals surface area (Å²) in [6.07, 6.45) is 0. The minimum absolute atomic E-state index is 0.227. The van der Waals surface area contributed by atoms with Gasteiger partial charge in [0.2, 0.25) is 5.78 Å². The summed E-state index contributed by atoms with van der Waals surface area (Å²) in [7, 11) is 4.56. The lowest BCUT2D eigenvalue weighted by molar-refractivity contribution is 0.100. The molecule has 3 aromatic carbocycles. The van der Waals surface area contributed by atoms with Crippen LogP contribution in [0.2, 0.25) is 0 Å². The number of fused-ring (bicyclic) bond motifs is 1. The maximum absolute atomic E-state index is 13.1. The summed E-state index contributed by atoms with van der Waals surface area (Å²) in [6.45, 7) is 1.83. The zero-order valence-corrected chi connectivity index (χ0v) is 18.7. The molecule has 0 bridgehead atoms. The molecule has 1 amide bonds. The Morgan fingerprint density at radius 3 is 2.27 bits per heavy atom. The molecule has 0 spiro atoms. The molecule has 1 N–H and O–H groups in total. The Labute approximate surface area is 190 Å². The van der Waals surface area contributed by atoms with Gasteiger partial charge < -0.3 is 23.9 Å². The maximum Gasteiger partial charge on any atom is 0.259 e. The Hall–Kier alpha value is -4.26. The van der Waals surface area contributed by atoms with E-state index in [4.69, 9.17) is 18.6 Å². The van der Waals surface area contributed by atoms with Crippen LogP contribution in [0.5, 0.6) is 17.2 Å². The molecule has 7 nitrogen and oxygen atoms in total. The molecule has 33 heavy (non-hydrogen) atoms. The van der Waals surface area contributed by atoms with Crippen molar-refractivity contribution in [3.05, 3.63) is 83.1 Å². The SMILES string of the molecule is COc1ccc(C(=O)c2oc3cc(NC(=O)c4ccccc4OC)ccc3c2C)cc1OC. The first-order valence-electron chi connectivity index (χ1n) is 10.2. The highest BCUT2D eigenvalue weighted by Gasteiger charge is 2.21. The number of nitrogens with one attached hydrogen (secondary N) is 1. The molecule has 0 saturated heterocycles. The fraction of sp³-hybridized carbons (Fsp3) is 0.154. The van der Waals surface area contributed by atoms with Gasteiger partial charge in [0.05, 0.1) is 26.9 Å². The number of methoxy groups -OCH3 is 3. The minimum atomic E-state index is -0.309. The van der Waals surface area contributed by atoms with Gasteiger partial charge in [0.15, 0.2) is 17.3 Å². The summed E-state index contributed by atoms with van der Waals surface area (Å²) in [6, 6.07) is 17.2. The van der Waals surface area contributed by atoms with Crippen molar-refractivity contribution in [2.75, 3.05) is 26.6 Å². The number of ether oxygens (including phenoxy) is 3. The number of amides is 1. The molecule has 1 heterocycles. The fourth-order valence-electron chi connectivity index (χ4n) is 3.66. The van der Waals surface area contributed by atoms with Crippen LogP contribution in [0.25, 0.3) is 11.0 Å². The number of carbonyl (C=O) groups is 2. The van der Waals surface area contributed by atoms with Crippen LogP contribution in [-0.2, 0) is 0 Å². The van der Waals surface area contributed by atoms with E-state index < -0.39 is 0 Å². The van der Waals surface area contributed by atoms with E-state index in [-0.39, 0.29) is 17.5 Å². The van der Waals surface area contributed by atoms with Crippen molar-refractivity contribution >= 4 is 28.3 Å². The molecule has 0 saturated carbocycles. The number of anilines is 1. The Balaban J connectivity index is 1.64. The maximum atomic E-state index is 13.1. The van der Waals surface area contributed by atoms with Crippen LogP contribution in [0.15, 0.2) is 65.1 Å². The number of hydrogen-bond acceptors (Lipinski definition) is 6. The van der Waals surface area contributed by atoms with E-state index in [9.17, 15) is 9.59 Å². The Bertz CT molecular complexity index is 1350. The van der Waals surface area contributed by atoms with Gasteiger partial charge in [-0.2, -0.15) is 0 Å². The second kappa shape index (κ2) is 9.08. The molecule has 0 aliphatic carbocycles. The Morgan fingerprint density at radius 2 is 1.55 bits per heavy atom. The summed E-state index contributed by atoms with van der Waals surface area (Å²) < 4.78 is 21.7. The monoisotopic (exact) mass is 445 g/mol. The number of aryl methyl sites for hydroxylation is 1. The summed E-state index contributed by atoms with van der Waals surface area (Å²) in [5.74, 6) is 1.11. The van der Waals surface area contributed by atoms with E-state index in [1.165, 1.54) is 21.3 Å². The number of furan rings is 1. The number of ketones is 1. The fourth-order valence-corrected chi connectivity index (χ4v) is 3.66. The van der Waals surface area contributed by atoms with E-state index >= 15 is 0 Å². The Morgan fingerprint density at radius 1 is 0.818 bits per heavy atom. The number of hydrogen-bond donors (Lipinski definition) is 1. The topological polar surface area (TPSA) is 87.0 Å². The second-order valence-electron chi connectivity index (χ2n) is 7.32. The van der Waals surface area contributed by atoms with Crippen LogP contribution >= 0.6 is 0 Å². The third kappa shape index (κ3) is 4.13. The van der Waals surface area contributed by atoms with Gasteiger partial charge in [-0.15, -0.1) is 0 Å². The van der Waals surface area contributed by atoms with Crippen LogP contribution in [0.4, 0.5) is 5.69 Å². The van der Waals surface area contributed by atoms with Crippen molar-refractivity contribution in [2.24, 2.45) is 0 Å². The largest absolute Gasteiger partial charge is 0.496 e. The highest BCUT2D eigenvalue weighted by atomic mass is 16.5. The average molecular weight is 445 g/mol. The summed E-state index contributed by atoms with van der Waals surface area (Å²) in [5, 5.41) is 3.63. The van der Waals surface area contributed by atoms with Crippen molar-refractivity contribution in [3.63, 3.8) is 0 Å².